The molecule has 80 valence electrons. The number of carbonyl (C=O) groups is 1. The van der Waals surface area contributed by atoms with Gasteiger partial charge in [-0.25, -0.2) is 4.79 Å². The van der Waals surface area contributed by atoms with E-state index in [-0.39, 0.29) is 0 Å². The first-order valence-corrected chi connectivity index (χ1v) is 4.51. The minimum absolute atomic E-state index is 0.398. The van der Waals surface area contributed by atoms with Crippen molar-refractivity contribution in [2.24, 2.45) is 0 Å². The van der Waals surface area contributed by atoms with Crippen molar-refractivity contribution in [2.75, 3.05) is 13.7 Å². The molecule has 1 heterocycles. The van der Waals surface area contributed by atoms with Gasteiger partial charge in [-0.3, -0.25) is 0 Å². The van der Waals surface area contributed by atoms with Crippen molar-refractivity contribution in [1.29, 1.82) is 5.26 Å². The highest BCUT2D eigenvalue weighted by Crippen LogP contribution is 2.08. The van der Waals surface area contributed by atoms with Crippen LogP contribution in [0.3, 0.4) is 0 Å². The summed E-state index contributed by atoms with van der Waals surface area (Å²) >= 11 is 0. The highest BCUT2D eigenvalue weighted by molar-refractivity contribution is 5.88. The number of nitrogens with one attached hydrogen (secondary N) is 1. The summed E-state index contributed by atoms with van der Waals surface area (Å²) in [6.45, 7) is 1.10. The molecule has 0 aliphatic carbocycles. The second-order valence-electron chi connectivity index (χ2n) is 2.88. The van der Waals surface area contributed by atoms with E-state index in [2.05, 4.69) is 10.1 Å². The van der Waals surface area contributed by atoms with Crippen LogP contribution in [0.1, 0.15) is 22.5 Å². The Morgan fingerprint density at radius 2 is 2.53 bits per heavy atom. The van der Waals surface area contributed by atoms with Crippen LogP contribution in [0.2, 0.25) is 0 Å². The van der Waals surface area contributed by atoms with E-state index < -0.39 is 5.97 Å². The molecule has 0 bridgehead atoms. The molecule has 0 aliphatic heterocycles. The van der Waals surface area contributed by atoms with Gasteiger partial charge in [0.2, 0.25) is 0 Å². The summed E-state index contributed by atoms with van der Waals surface area (Å²) in [5, 5.41) is 11.3. The molecule has 0 saturated carbocycles. The molecule has 0 saturated heterocycles. The number of esters is 1. The van der Waals surface area contributed by atoms with Crippen molar-refractivity contribution in [2.45, 2.75) is 13.0 Å². The van der Waals surface area contributed by atoms with E-state index in [1.807, 2.05) is 6.07 Å². The Bertz CT molecular complexity index is 365. The molecular formula is C10H12N2O3. The maximum absolute atomic E-state index is 11.1. The maximum Gasteiger partial charge on any atom is 0.341 e. The number of rotatable bonds is 5. The first-order valence-electron chi connectivity index (χ1n) is 4.51. The molecule has 1 aromatic heterocycles. The van der Waals surface area contributed by atoms with E-state index in [0.717, 1.165) is 0 Å². The van der Waals surface area contributed by atoms with Crippen molar-refractivity contribution in [1.82, 2.24) is 5.32 Å². The molecule has 0 radical (unpaired) electrons. The molecule has 1 rings (SSSR count). The zero-order valence-electron chi connectivity index (χ0n) is 8.45. The number of ether oxygens (including phenoxy) is 1. The van der Waals surface area contributed by atoms with Gasteiger partial charge in [0.1, 0.15) is 12.0 Å². The van der Waals surface area contributed by atoms with Crippen LogP contribution < -0.4 is 5.32 Å². The Morgan fingerprint density at radius 3 is 3.20 bits per heavy atom. The van der Waals surface area contributed by atoms with Gasteiger partial charge in [-0.15, -0.1) is 0 Å². The largest absolute Gasteiger partial charge is 0.467 e. The van der Waals surface area contributed by atoms with Gasteiger partial charge < -0.3 is 14.5 Å². The summed E-state index contributed by atoms with van der Waals surface area (Å²) in [5.74, 6) is 0.232. The van der Waals surface area contributed by atoms with Crippen molar-refractivity contribution >= 4 is 5.97 Å². The predicted molar refractivity (Wildman–Crippen MR) is 52.0 cm³/mol. The standard InChI is InChI=1S/C10H12N2O3/c1-14-10(13)8-5-9(15-7-8)6-12-4-2-3-11/h5,7,12H,2,4,6H2,1H3. The van der Waals surface area contributed by atoms with Crippen molar-refractivity contribution in [3.05, 3.63) is 23.7 Å². The average molecular weight is 208 g/mol. The van der Waals surface area contributed by atoms with Crippen LogP contribution in [-0.2, 0) is 11.3 Å². The third-order valence-electron chi connectivity index (χ3n) is 1.79. The second kappa shape index (κ2) is 5.83. The molecular weight excluding hydrogens is 196 g/mol. The Labute approximate surface area is 87.6 Å². The molecule has 5 nitrogen and oxygen atoms in total. The fraction of sp³-hybridized carbons (Fsp3) is 0.400. The molecule has 1 N–H and O–H groups in total. The van der Waals surface area contributed by atoms with Gasteiger partial charge in [0.15, 0.2) is 0 Å². The van der Waals surface area contributed by atoms with E-state index in [1.54, 1.807) is 6.07 Å². The van der Waals surface area contributed by atoms with Crippen LogP contribution in [-0.4, -0.2) is 19.6 Å². The lowest BCUT2D eigenvalue weighted by Crippen LogP contribution is -2.13. The van der Waals surface area contributed by atoms with Crippen LogP contribution >= 0.6 is 0 Å². The van der Waals surface area contributed by atoms with Crippen molar-refractivity contribution < 1.29 is 13.9 Å². The third kappa shape index (κ3) is 3.44. The molecule has 0 fully saturated rings. The van der Waals surface area contributed by atoms with Gasteiger partial charge in [-0.05, 0) is 6.07 Å². The van der Waals surface area contributed by atoms with Crippen molar-refractivity contribution in [3.8, 4) is 6.07 Å². The molecule has 1 aromatic rings. The van der Waals surface area contributed by atoms with E-state index in [0.29, 0.717) is 30.8 Å². The van der Waals surface area contributed by atoms with Crippen molar-refractivity contribution in [3.63, 3.8) is 0 Å². The van der Waals surface area contributed by atoms with Gasteiger partial charge >= 0.3 is 5.97 Å². The van der Waals surface area contributed by atoms with Gasteiger partial charge in [0.05, 0.1) is 25.3 Å². The number of nitriles is 1. The number of carbonyl (C=O) groups excluding carboxylic acids is 1. The zero-order chi connectivity index (χ0) is 11.1. The van der Waals surface area contributed by atoms with E-state index in [9.17, 15) is 4.79 Å². The minimum Gasteiger partial charge on any atom is -0.467 e. The predicted octanol–water partition coefficient (Wildman–Crippen LogP) is 1.07. The monoisotopic (exact) mass is 208 g/mol. The molecule has 0 spiro atoms. The maximum atomic E-state index is 11.1. The summed E-state index contributed by atoms with van der Waals surface area (Å²) in [5.41, 5.74) is 0.398. The fourth-order valence-corrected chi connectivity index (χ4v) is 1.05. The second-order valence-corrected chi connectivity index (χ2v) is 2.88. The first kappa shape index (κ1) is 11.3. The topological polar surface area (TPSA) is 75.3 Å². The SMILES string of the molecule is COC(=O)c1coc(CNCCC#N)c1. The molecule has 0 amide bonds. The van der Waals surface area contributed by atoms with E-state index in [1.165, 1.54) is 13.4 Å². The van der Waals surface area contributed by atoms with Crippen LogP contribution in [0.25, 0.3) is 0 Å². The number of nitrogens with zero attached hydrogens (tertiary/aromatic N) is 1. The number of hydrogen-bond donors (Lipinski definition) is 1. The lowest BCUT2D eigenvalue weighted by molar-refractivity contribution is 0.0600. The third-order valence-corrected chi connectivity index (χ3v) is 1.79. The average Bonchev–Trinajstić information content (AvgIpc) is 2.72. The van der Waals surface area contributed by atoms with Gasteiger partial charge in [-0.2, -0.15) is 5.26 Å². The normalized spacial score (nSPS) is 9.60. The smallest absolute Gasteiger partial charge is 0.341 e. The summed E-state index contributed by atoms with van der Waals surface area (Å²) < 4.78 is 9.65. The number of furan rings is 1. The van der Waals surface area contributed by atoms with Gasteiger partial charge in [0, 0.05) is 13.0 Å². The van der Waals surface area contributed by atoms with Gasteiger partial charge in [0.25, 0.3) is 0 Å². The molecule has 0 aromatic carbocycles. The van der Waals surface area contributed by atoms with Gasteiger partial charge in [-0.1, -0.05) is 0 Å². The molecule has 5 heteroatoms. The van der Waals surface area contributed by atoms with Crippen LogP contribution in [0, 0.1) is 11.3 Å². The molecule has 0 atom stereocenters. The number of methoxy groups -OCH3 is 1. The molecule has 15 heavy (non-hydrogen) atoms. The molecule has 0 unspecified atom stereocenters. The summed E-state index contributed by atoms with van der Waals surface area (Å²) in [4.78, 5) is 11.1. The summed E-state index contributed by atoms with van der Waals surface area (Å²) in [6.07, 6.45) is 1.80. The Hall–Kier alpha value is -1.80. The van der Waals surface area contributed by atoms with Crippen LogP contribution in [0.5, 0.6) is 0 Å². The van der Waals surface area contributed by atoms with E-state index in [4.69, 9.17) is 9.68 Å². The quantitative estimate of drug-likeness (QED) is 0.578. The lowest BCUT2D eigenvalue weighted by Gasteiger charge is -1.96. The lowest BCUT2D eigenvalue weighted by atomic mass is 10.3. The first-order chi connectivity index (χ1) is 7.27. The highest BCUT2D eigenvalue weighted by atomic mass is 16.5. The Morgan fingerprint density at radius 1 is 1.73 bits per heavy atom. The zero-order valence-corrected chi connectivity index (χ0v) is 8.45. The van der Waals surface area contributed by atoms with E-state index >= 15 is 0 Å². The highest BCUT2D eigenvalue weighted by Gasteiger charge is 2.09. The van der Waals surface area contributed by atoms with Crippen LogP contribution in [0.4, 0.5) is 0 Å². The summed E-state index contributed by atoms with van der Waals surface area (Å²) in [6, 6.07) is 3.64. The number of hydrogen-bond acceptors (Lipinski definition) is 5. The fourth-order valence-electron chi connectivity index (χ4n) is 1.05. The Kier molecular flexibility index (Phi) is 4.38. The molecule has 0 aliphatic rings. The Balaban J connectivity index is 2.40. The summed E-state index contributed by atoms with van der Waals surface area (Å²) in [7, 11) is 1.32. The minimum atomic E-state index is -0.415. The van der Waals surface area contributed by atoms with Crippen LogP contribution in [0.15, 0.2) is 16.7 Å².